The number of nitrogens with one attached hydrogen (secondary N) is 2. The molecule has 0 aromatic carbocycles. The lowest BCUT2D eigenvalue weighted by Gasteiger charge is -2.25. The first-order valence-corrected chi connectivity index (χ1v) is 6.88. The molecular formula is C11H22N2O2S. The Morgan fingerprint density at radius 1 is 1.62 bits per heavy atom. The Kier molecular flexibility index (Phi) is 5.58. The van der Waals surface area contributed by atoms with Crippen LogP contribution < -0.4 is 10.6 Å². The summed E-state index contributed by atoms with van der Waals surface area (Å²) in [6.07, 6.45) is 0.536. The zero-order chi connectivity index (χ0) is 12.0. The average molecular weight is 246 g/mol. The summed E-state index contributed by atoms with van der Waals surface area (Å²) >= 11 is 1.89. The summed E-state index contributed by atoms with van der Waals surface area (Å²) in [5.74, 6) is 2.22. The lowest BCUT2D eigenvalue weighted by molar-refractivity contribution is -0.122. The van der Waals surface area contributed by atoms with Gasteiger partial charge in [0.1, 0.15) is 0 Å². The smallest absolute Gasteiger partial charge is 0.221 e. The lowest BCUT2D eigenvalue weighted by atomic mass is 9.95. The number of aliphatic hydroxyl groups excluding tert-OH is 1. The Morgan fingerprint density at radius 3 is 2.94 bits per heavy atom. The minimum atomic E-state index is -0.232. The Labute approximate surface area is 102 Å². The molecule has 1 amide bonds. The van der Waals surface area contributed by atoms with E-state index in [4.69, 9.17) is 5.11 Å². The molecule has 1 aliphatic heterocycles. The highest BCUT2D eigenvalue weighted by molar-refractivity contribution is 7.99. The van der Waals surface area contributed by atoms with Gasteiger partial charge in [0.2, 0.25) is 5.91 Å². The molecule has 1 rings (SSSR count). The van der Waals surface area contributed by atoms with Gasteiger partial charge < -0.3 is 15.7 Å². The van der Waals surface area contributed by atoms with Crippen molar-refractivity contribution >= 4 is 17.7 Å². The average Bonchev–Trinajstić information content (AvgIpc) is 2.28. The van der Waals surface area contributed by atoms with Gasteiger partial charge in [-0.1, -0.05) is 13.8 Å². The van der Waals surface area contributed by atoms with Crippen LogP contribution in [0.2, 0.25) is 0 Å². The quantitative estimate of drug-likeness (QED) is 0.649. The second kappa shape index (κ2) is 6.47. The molecule has 1 unspecified atom stereocenters. The van der Waals surface area contributed by atoms with Gasteiger partial charge in [-0.3, -0.25) is 4.79 Å². The van der Waals surface area contributed by atoms with Gasteiger partial charge in [-0.25, -0.2) is 0 Å². The molecule has 3 N–H and O–H groups in total. The van der Waals surface area contributed by atoms with Crippen LogP contribution in [0.5, 0.6) is 0 Å². The SMILES string of the molecule is CC(C)(CO)CNC(=O)CC1CSCCN1. The summed E-state index contributed by atoms with van der Waals surface area (Å²) in [4.78, 5) is 11.6. The van der Waals surface area contributed by atoms with Crippen LogP contribution in [0, 0.1) is 5.41 Å². The molecule has 16 heavy (non-hydrogen) atoms. The second-order valence-corrected chi connectivity index (χ2v) is 6.18. The first-order valence-electron chi connectivity index (χ1n) is 5.72. The summed E-state index contributed by atoms with van der Waals surface area (Å²) in [5.41, 5.74) is -0.232. The van der Waals surface area contributed by atoms with Crippen molar-refractivity contribution in [2.24, 2.45) is 5.41 Å². The molecule has 4 nitrogen and oxygen atoms in total. The maximum atomic E-state index is 11.6. The van der Waals surface area contributed by atoms with E-state index in [1.54, 1.807) is 0 Å². The third-order valence-electron chi connectivity index (χ3n) is 2.62. The molecule has 0 aliphatic carbocycles. The summed E-state index contributed by atoms with van der Waals surface area (Å²) in [6, 6.07) is 0.302. The maximum Gasteiger partial charge on any atom is 0.221 e. The van der Waals surface area contributed by atoms with Gasteiger partial charge in [0.25, 0.3) is 0 Å². The second-order valence-electron chi connectivity index (χ2n) is 5.03. The third-order valence-corrected chi connectivity index (χ3v) is 3.75. The van der Waals surface area contributed by atoms with Crippen molar-refractivity contribution in [3.8, 4) is 0 Å². The van der Waals surface area contributed by atoms with Crippen LogP contribution >= 0.6 is 11.8 Å². The van der Waals surface area contributed by atoms with Crippen molar-refractivity contribution in [3.63, 3.8) is 0 Å². The van der Waals surface area contributed by atoms with Crippen molar-refractivity contribution in [1.82, 2.24) is 10.6 Å². The van der Waals surface area contributed by atoms with Crippen LogP contribution in [-0.4, -0.2) is 48.3 Å². The predicted octanol–water partition coefficient (Wildman–Crippen LogP) is 0.216. The van der Waals surface area contributed by atoms with E-state index in [0.717, 1.165) is 18.1 Å². The van der Waals surface area contributed by atoms with Crippen molar-refractivity contribution < 1.29 is 9.90 Å². The molecule has 1 heterocycles. The van der Waals surface area contributed by atoms with Crippen LogP contribution in [0.4, 0.5) is 0 Å². The predicted molar refractivity (Wildman–Crippen MR) is 67.6 cm³/mol. The highest BCUT2D eigenvalue weighted by Crippen LogP contribution is 2.12. The van der Waals surface area contributed by atoms with E-state index < -0.39 is 0 Å². The van der Waals surface area contributed by atoms with E-state index in [9.17, 15) is 4.79 Å². The summed E-state index contributed by atoms with van der Waals surface area (Å²) in [6.45, 7) is 5.47. The molecule has 0 radical (unpaired) electrons. The fourth-order valence-corrected chi connectivity index (χ4v) is 2.39. The normalized spacial score (nSPS) is 21.8. The first-order chi connectivity index (χ1) is 7.53. The van der Waals surface area contributed by atoms with Crippen LogP contribution in [0.15, 0.2) is 0 Å². The van der Waals surface area contributed by atoms with Crippen molar-refractivity contribution in [2.75, 3.05) is 31.2 Å². The number of aliphatic hydroxyl groups is 1. The minimum absolute atomic E-state index is 0.0709. The molecule has 1 aliphatic rings. The number of amides is 1. The zero-order valence-corrected chi connectivity index (χ0v) is 10.9. The molecule has 5 heteroatoms. The highest BCUT2D eigenvalue weighted by Gasteiger charge is 2.20. The standard InChI is InChI=1S/C11H22N2O2S/c1-11(2,8-14)7-13-10(15)5-9-6-16-4-3-12-9/h9,12,14H,3-8H2,1-2H3,(H,13,15). The number of thioether (sulfide) groups is 1. The fraction of sp³-hybridized carbons (Fsp3) is 0.909. The molecule has 1 fully saturated rings. The topological polar surface area (TPSA) is 61.4 Å². The number of carbonyl (C=O) groups is 1. The number of rotatable bonds is 5. The van der Waals surface area contributed by atoms with Crippen LogP contribution in [0.1, 0.15) is 20.3 Å². The Hall–Kier alpha value is -0.260. The molecule has 0 spiro atoms. The first kappa shape index (κ1) is 13.8. The van der Waals surface area contributed by atoms with E-state index in [0.29, 0.717) is 19.0 Å². The summed E-state index contributed by atoms with van der Waals surface area (Å²) in [5, 5.41) is 15.3. The Morgan fingerprint density at radius 2 is 2.38 bits per heavy atom. The largest absolute Gasteiger partial charge is 0.396 e. The third kappa shape index (κ3) is 5.18. The summed E-state index contributed by atoms with van der Waals surface area (Å²) in [7, 11) is 0. The van der Waals surface area contributed by atoms with E-state index in [1.807, 2.05) is 25.6 Å². The number of carbonyl (C=O) groups excluding carboxylic acids is 1. The van der Waals surface area contributed by atoms with Gasteiger partial charge in [-0.15, -0.1) is 0 Å². The maximum absolute atomic E-state index is 11.6. The van der Waals surface area contributed by atoms with Gasteiger partial charge in [-0.2, -0.15) is 11.8 Å². The Bertz CT molecular complexity index is 228. The van der Waals surface area contributed by atoms with Crippen LogP contribution in [0.3, 0.4) is 0 Å². The molecule has 0 bridgehead atoms. The van der Waals surface area contributed by atoms with Crippen molar-refractivity contribution in [1.29, 1.82) is 0 Å². The van der Waals surface area contributed by atoms with Gasteiger partial charge >= 0.3 is 0 Å². The Balaban J connectivity index is 2.19. The van der Waals surface area contributed by atoms with E-state index >= 15 is 0 Å². The molecule has 1 atom stereocenters. The summed E-state index contributed by atoms with van der Waals surface area (Å²) < 4.78 is 0. The molecular weight excluding hydrogens is 224 g/mol. The highest BCUT2D eigenvalue weighted by atomic mass is 32.2. The van der Waals surface area contributed by atoms with E-state index in [1.165, 1.54) is 0 Å². The lowest BCUT2D eigenvalue weighted by Crippen LogP contribution is -2.43. The molecule has 0 saturated carbocycles. The number of hydrogen-bond acceptors (Lipinski definition) is 4. The van der Waals surface area contributed by atoms with E-state index in [2.05, 4.69) is 10.6 Å². The van der Waals surface area contributed by atoms with Gasteiger partial charge in [0.15, 0.2) is 0 Å². The molecule has 0 aromatic rings. The van der Waals surface area contributed by atoms with Crippen LogP contribution in [-0.2, 0) is 4.79 Å². The van der Waals surface area contributed by atoms with Gasteiger partial charge in [-0.05, 0) is 0 Å². The van der Waals surface area contributed by atoms with Gasteiger partial charge in [0.05, 0.1) is 0 Å². The monoisotopic (exact) mass is 246 g/mol. The van der Waals surface area contributed by atoms with E-state index in [-0.39, 0.29) is 17.9 Å². The fourth-order valence-electron chi connectivity index (χ4n) is 1.44. The minimum Gasteiger partial charge on any atom is -0.396 e. The molecule has 0 aromatic heterocycles. The van der Waals surface area contributed by atoms with Crippen molar-refractivity contribution in [3.05, 3.63) is 0 Å². The molecule has 94 valence electrons. The zero-order valence-electron chi connectivity index (χ0n) is 10.1. The molecule has 1 saturated heterocycles. The van der Waals surface area contributed by atoms with Crippen molar-refractivity contribution in [2.45, 2.75) is 26.3 Å². The number of hydrogen-bond donors (Lipinski definition) is 3. The van der Waals surface area contributed by atoms with Crippen LogP contribution in [0.25, 0.3) is 0 Å². The van der Waals surface area contributed by atoms with Gasteiger partial charge in [0, 0.05) is 49.1 Å².